The van der Waals surface area contributed by atoms with E-state index >= 15 is 0 Å². The number of hydrogen-bond donors (Lipinski definition) is 1. The highest BCUT2D eigenvalue weighted by molar-refractivity contribution is 14.0. The molecule has 1 aromatic carbocycles. The Morgan fingerprint density at radius 2 is 2.15 bits per heavy atom. The highest BCUT2D eigenvalue weighted by Gasteiger charge is 2.10. The van der Waals surface area contributed by atoms with Gasteiger partial charge >= 0.3 is 0 Å². The Morgan fingerprint density at radius 3 is 2.88 bits per heavy atom. The van der Waals surface area contributed by atoms with E-state index in [1.807, 2.05) is 30.1 Å². The average molecular weight is 468 g/mol. The van der Waals surface area contributed by atoms with E-state index in [-0.39, 0.29) is 24.0 Å². The Hall–Kier alpha value is -2.10. The molecule has 7 nitrogen and oxygen atoms in total. The maximum atomic E-state index is 5.88. The van der Waals surface area contributed by atoms with Crippen LogP contribution in [0.2, 0.25) is 0 Å². The van der Waals surface area contributed by atoms with Gasteiger partial charge in [-0.2, -0.15) is 0 Å². The van der Waals surface area contributed by atoms with Gasteiger partial charge in [0, 0.05) is 39.0 Å². The zero-order chi connectivity index (χ0) is 17.6. The van der Waals surface area contributed by atoms with Gasteiger partial charge in [0.2, 0.25) is 0 Å². The summed E-state index contributed by atoms with van der Waals surface area (Å²) in [5.74, 6) is 2.73. The van der Waals surface area contributed by atoms with Gasteiger partial charge in [-0.1, -0.05) is 25.1 Å². The van der Waals surface area contributed by atoms with Crippen molar-refractivity contribution in [2.75, 3.05) is 20.6 Å². The van der Waals surface area contributed by atoms with E-state index in [2.05, 4.69) is 44.1 Å². The molecule has 3 aromatic rings. The molecule has 0 saturated heterocycles. The Kier molecular flexibility index (Phi) is 7.43. The molecular formula is C18H25IN6O. The van der Waals surface area contributed by atoms with Crippen LogP contribution in [-0.4, -0.2) is 46.3 Å². The Balaban J connectivity index is 0.00000243. The van der Waals surface area contributed by atoms with E-state index in [0.29, 0.717) is 6.54 Å². The topological polar surface area (TPSA) is 71.5 Å². The number of guanidine groups is 1. The first kappa shape index (κ1) is 20.2. The van der Waals surface area contributed by atoms with Gasteiger partial charge in [-0.25, -0.2) is 0 Å². The fourth-order valence-electron chi connectivity index (χ4n) is 2.84. The van der Waals surface area contributed by atoms with Gasteiger partial charge in [0.15, 0.2) is 5.96 Å². The summed E-state index contributed by atoms with van der Waals surface area (Å²) < 4.78 is 7.94. The lowest BCUT2D eigenvalue weighted by atomic mass is 10.2. The number of aromatic nitrogens is 3. The zero-order valence-corrected chi connectivity index (χ0v) is 17.7. The number of aliphatic imine (C=N–C) groups is 1. The van der Waals surface area contributed by atoms with Crippen molar-refractivity contribution in [2.24, 2.45) is 4.99 Å². The van der Waals surface area contributed by atoms with E-state index in [9.17, 15) is 0 Å². The van der Waals surface area contributed by atoms with Crippen LogP contribution in [0.4, 0.5) is 0 Å². The number of halogens is 1. The minimum Gasteiger partial charge on any atom is -0.459 e. The summed E-state index contributed by atoms with van der Waals surface area (Å²) >= 11 is 0. The number of rotatable bonds is 6. The number of para-hydroxylation sites is 1. The number of hydrogen-bond acceptors (Lipinski definition) is 4. The van der Waals surface area contributed by atoms with Crippen LogP contribution in [0.1, 0.15) is 18.5 Å². The van der Waals surface area contributed by atoms with E-state index in [1.165, 1.54) is 0 Å². The number of nitrogens with zero attached hydrogens (tertiary/aromatic N) is 5. The Bertz CT molecular complexity index is 823. The van der Waals surface area contributed by atoms with Crippen molar-refractivity contribution in [3.8, 4) is 0 Å². The Labute approximate surface area is 170 Å². The van der Waals surface area contributed by atoms with E-state index in [1.54, 1.807) is 13.4 Å². The minimum atomic E-state index is 0. The van der Waals surface area contributed by atoms with Crippen LogP contribution in [0.3, 0.4) is 0 Å². The molecule has 0 aliphatic heterocycles. The molecule has 0 unspecified atom stereocenters. The molecule has 2 aromatic heterocycles. The summed E-state index contributed by atoms with van der Waals surface area (Å²) in [5, 5.41) is 12.5. The minimum absolute atomic E-state index is 0. The van der Waals surface area contributed by atoms with Gasteiger partial charge in [-0.05, 0) is 12.1 Å². The zero-order valence-electron chi connectivity index (χ0n) is 15.3. The molecule has 0 radical (unpaired) electrons. The molecule has 0 atom stereocenters. The second-order valence-corrected chi connectivity index (χ2v) is 5.87. The van der Waals surface area contributed by atoms with Gasteiger partial charge in [-0.3, -0.25) is 4.99 Å². The second kappa shape index (κ2) is 9.56. The smallest absolute Gasteiger partial charge is 0.193 e. The molecule has 3 rings (SSSR count). The van der Waals surface area contributed by atoms with Crippen LogP contribution in [-0.2, 0) is 19.5 Å². The lowest BCUT2D eigenvalue weighted by Crippen LogP contribution is -2.39. The van der Waals surface area contributed by atoms with Crippen molar-refractivity contribution in [3.05, 3.63) is 48.2 Å². The van der Waals surface area contributed by atoms with Crippen LogP contribution in [0, 0.1) is 0 Å². The normalized spacial score (nSPS) is 11.4. The number of fused-ring (bicyclic) bond motifs is 1. The van der Waals surface area contributed by atoms with Gasteiger partial charge in [0.25, 0.3) is 0 Å². The maximum Gasteiger partial charge on any atom is 0.193 e. The van der Waals surface area contributed by atoms with Crippen molar-refractivity contribution in [3.63, 3.8) is 0 Å². The van der Waals surface area contributed by atoms with E-state index < -0.39 is 0 Å². The fraction of sp³-hybridized carbons (Fsp3) is 0.389. The largest absolute Gasteiger partial charge is 0.459 e. The highest BCUT2D eigenvalue weighted by atomic mass is 127. The van der Waals surface area contributed by atoms with Gasteiger partial charge in [0.1, 0.15) is 23.5 Å². The van der Waals surface area contributed by atoms with Crippen molar-refractivity contribution < 1.29 is 4.42 Å². The van der Waals surface area contributed by atoms with E-state index in [4.69, 9.17) is 4.42 Å². The van der Waals surface area contributed by atoms with Crippen molar-refractivity contribution in [1.29, 1.82) is 0 Å². The third kappa shape index (κ3) is 4.75. The third-order valence-electron chi connectivity index (χ3n) is 4.09. The lowest BCUT2D eigenvalue weighted by molar-refractivity contribution is 0.411. The average Bonchev–Trinajstić information content (AvgIpc) is 3.24. The molecule has 0 aliphatic rings. The molecule has 0 aliphatic carbocycles. The lowest BCUT2D eigenvalue weighted by Gasteiger charge is -2.21. The predicted octanol–water partition coefficient (Wildman–Crippen LogP) is 2.91. The van der Waals surface area contributed by atoms with Crippen molar-refractivity contribution in [1.82, 2.24) is 25.0 Å². The van der Waals surface area contributed by atoms with Crippen molar-refractivity contribution >= 4 is 40.9 Å². The summed E-state index contributed by atoms with van der Waals surface area (Å²) in [6.45, 7) is 4.28. The Morgan fingerprint density at radius 1 is 1.35 bits per heavy atom. The first-order valence-corrected chi connectivity index (χ1v) is 8.47. The summed E-state index contributed by atoms with van der Waals surface area (Å²) in [6.07, 6.45) is 2.64. The van der Waals surface area contributed by atoms with Crippen molar-refractivity contribution in [2.45, 2.75) is 26.4 Å². The number of aryl methyl sites for hydroxylation is 1. The SMILES string of the molecule is CCc1nncn1CCNC(=NC)N(C)Cc1cc2ccccc2o1.I. The maximum absolute atomic E-state index is 5.88. The molecule has 0 spiro atoms. The standard InChI is InChI=1S/C18H24N6O.HI/c1-4-17-22-21-13-24(17)10-9-20-18(19-2)23(3)12-15-11-14-7-5-6-8-16(14)25-15;/h5-8,11,13H,4,9-10,12H2,1-3H3,(H,19,20);1H. The van der Waals surface area contributed by atoms with Gasteiger partial charge in [0.05, 0.1) is 6.54 Å². The molecule has 0 bridgehead atoms. The first-order valence-electron chi connectivity index (χ1n) is 8.47. The molecule has 140 valence electrons. The van der Waals surface area contributed by atoms with Crippen LogP contribution in [0.25, 0.3) is 11.0 Å². The second-order valence-electron chi connectivity index (χ2n) is 5.87. The molecule has 0 saturated carbocycles. The van der Waals surface area contributed by atoms with Crippen LogP contribution in [0.15, 0.2) is 46.1 Å². The van der Waals surface area contributed by atoms with Gasteiger partial charge in [-0.15, -0.1) is 34.2 Å². The molecule has 8 heteroatoms. The molecule has 0 amide bonds. The number of furan rings is 1. The summed E-state index contributed by atoms with van der Waals surface area (Å²) in [4.78, 5) is 6.40. The summed E-state index contributed by atoms with van der Waals surface area (Å²) in [5.41, 5.74) is 0.911. The molecule has 0 fully saturated rings. The van der Waals surface area contributed by atoms with Crippen LogP contribution in [0.5, 0.6) is 0 Å². The highest BCUT2D eigenvalue weighted by Crippen LogP contribution is 2.19. The summed E-state index contributed by atoms with van der Waals surface area (Å²) in [7, 11) is 3.78. The number of nitrogens with one attached hydrogen (secondary N) is 1. The molecule has 2 heterocycles. The predicted molar refractivity (Wildman–Crippen MR) is 114 cm³/mol. The van der Waals surface area contributed by atoms with E-state index in [0.717, 1.165) is 48.0 Å². The van der Waals surface area contributed by atoms with Gasteiger partial charge < -0.3 is 19.2 Å². The van der Waals surface area contributed by atoms with Crippen LogP contribution >= 0.6 is 24.0 Å². The molecule has 26 heavy (non-hydrogen) atoms. The van der Waals surface area contributed by atoms with Crippen LogP contribution < -0.4 is 5.32 Å². The first-order chi connectivity index (χ1) is 12.2. The molecular weight excluding hydrogens is 443 g/mol. The monoisotopic (exact) mass is 468 g/mol. The number of benzene rings is 1. The molecule has 1 N–H and O–H groups in total. The quantitative estimate of drug-likeness (QED) is 0.342. The fourth-order valence-corrected chi connectivity index (χ4v) is 2.84. The summed E-state index contributed by atoms with van der Waals surface area (Å²) in [6, 6.07) is 10.1. The third-order valence-corrected chi connectivity index (χ3v) is 4.09.